The van der Waals surface area contributed by atoms with Crippen LogP contribution in [-0.4, -0.2) is 38.2 Å². The molecule has 0 unspecified atom stereocenters. The summed E-state index contributed by atoms with van der Waals surface area (Å²) in [6.07, 6.45) is 8.15. The normalized spacial score (nSPS) is 15.6. The van der Waals surface area contributed by atoms with Gasteiger partial charge in [-0.15, -0.1) is 0 Å². The molecule has 0 N–H and O–H groups in total. The van der Waals surface area contributed by atoms with Crippen molar-refractivity contribution in [3.05, 3.63) is 59.7 Å². The largest absolute Gasteiger partial charge is 0.497 e. The maximum absolute atomic E-state index is 5.38. The zero-order chi connectivity index (χ0) is 19.6. The van der Waals surface area contributed by atoms with E-state index in [1.54, 1.807) is 7.11 Å². The Hall–Kier alpha value is -2.00. The van der Waals surface area contributed by atoms with Gasteiger partial charge in [-0.3, -0.25) is 0 Å². The zero-order valence-corrected chi connectivity index (χ0v) is 17.7. The van der Waals surface area contributed by atoms with E-state index in [4.69, 9.17) is 4.74 Å². The summed E-state index contributed by atoms with van der Waals surface area (Å²) < 4.78 is 5.38. The Kier molecular flexibility index (Phi) is 8.23. The van der Waals surface area contributed by atoms with Gasteiger partial charge in [-0.05, 0) is 62.5 Å². The number of hydrogen-bond acceptors (Lipinski definition) is 3. The lowest BCUT2D eigenvalue weighted by atomic mass is 10.1. The quantitative estimate of drug-likeness (QED) is 0.599. The fourth-order valence-corrected chi connectivity index (χ4v) is 4.05. The third-order valence-corrected chi connectivity index (χ3v) is 5.86. The summed E-state index contributed by atoms with van der Waals surface area (Å²) in [7, 11) is 1.72. The average molecular weight is 381 g/mol. The molecule has 2 aromatic rings. The van der Waals surface area contributed by atoms with Crippen LogP contribution < -0.4 is 9.64 Å². The van der Waals surface area contributed by atoms with Crippen LogP contribution in [-0.2, 0) is 13.0 Å². The molecule has 1 aliphatic rings. The van der Waals surface area contributed by atoms with E-state index < -0.39 is 0 Å². The molecule has 3 heteroatoms. The maximum atomic E-state index is 5.38. The first-order valence-electron chi connectivity index (χ1n) is 11.0. The van der Waals surface area contributed by atoms with Crippen LogP contribution in [0, 0.1) is 0 Å². The Bertz CT molecular complexity index is 690. The summed E-state index contributed by atoms with van der Waals surface area (Å²) >= 11 is 0. The number of likely N-dealkylation sites (tertiary alicyclic amines) is 1. The Labute approximate surface area is 171 Å². The van der Waals surface area contributed by atoms with Gasteiger partial charge in [0.2, 0.25) is 0 Å². The van der Waals surface area contributed by atoms with Gasteiger partial charge in [-0.2, -0.15) is 0 Å². The molecular formula is C25H36N2O. The summed E-state index contributed by atoms with van der Waals surface area (Å²) in [6.45, 7) is 7.87. The third-order valence-electron chi connectivity index (χ3n) is 5.86. The first-order valence-corrected chi connectivity index (χ1v) is 11.0. The van der Waals surface area contributed by atoms with Crippen molar-refractivity contribution in [1.82, 2.24) is 4.90 Å². The molecule has 0 bridgehead atoms. The van der Waals surface area contributed by atoms with Crippen molar-refractivity contribution in [1.29, 1.82) is 0 Å². The Morgan fingerprint density at radius 3 is 2.25 bits per heavy atom. The summed E-state index contributed by atoms with van der Waals surface area (Å²) in [4.78, 5) is 5.05. The van der Waals surface area contributed by atoms with Crippen LogP contribution in [0.3, 0.4) is 0 Å². The topological polar surface area (TPSA) is 15.7 Å². The highest BCUT2D eigenvalue weighted by atomic mass is 16.5. The van der Waals surface area contributed by atoms with Crippen molar-refractivity contribution >= 4 is 5.69 Å². The van der Waals surface area contributed by atoms with Crippen LogP contribution in [0.2, 0.25) is 0 Å². The number of ether oxygens (including phenoxy) is 1. The van der Waals surface area contributed by atoms with Gasteiger partial charge in [-0.25, -0.2) is 0 Å². The molecule has 0 spiro atoms. The van der Waals surface area contributed by atoms with Crippen LogP contribution in [0.25, 0.3) is 0 Å². The van der Waals surface area contributed by atoms with Crippen molar-refractivity contribution in [2.24, 2.45) is 0 Å². The van der Waals surface area contributed by atoms with E-state index in [9.17, 15) is 0 Å². The van der Waals surface area contributed by atoms with Crippen LogP contribution >= 0.6 is 0 Å². The van der Waals surface area contributed by atoms with Gasteiger partial charge in [-0.1, -0.05) is 49.6 Å². The lowest BCUT2D eigenvalue weighted by Gasteiger charge is -2.25. The van der Waals surface area contributed by atoms with Crippen LogP contribution in [0.1, 0.15) is 50.2 Å². The van der Waals surface area contributed by atoms with Crippen LogP contribution in [0.15, 0.2) is 48.5 Å². The maximum Gasteiger partial charge on any atom is 0.120 e. The van der Waals surface area contributed by atoms with Gasteiger partial charge < -0.3 is 14.5 Å². The average Bonchev–Trinajstić information content (AvgIpc) is 2.72. The first-order chi connectivity index (χ1) is 13.8. The Morgan fingerprint density at radius 2 is 1.57 bits per heavy atom. The molecule has 1 aliphatic heterocycles. The smallest absolute Gasteiger partial charge is 0.120 e. The molecule has 0 aromatic heterocycles. The highest BCUT2D eigenvalue weighted by Crippen LogP contribution is 2.22. The van der Waals surface area contributed by atoms with Crippen molar-refractivity contribution in [3.8, 4) is 5.75 Å². The van der Waals surface area contributed by atoms with E-state index in [1.165, 1.54) is 68.6 Å². The Morgan fingerprint density at radius 1 is 0.893 bits per heavy atom. The molecule has 3 nitrogen and oxygen atoms in total. The van der Waals surface area contributed by atoms with Gasteiger partial charge in [0.05, 0.1) is 7.11 Å². The van der Waals surface area contributed by atoms with E-state index in [0.29, 0.717) is 0 Å². The van der Waals surface area contributed by atoms with Crippen LogP contribution in [0.5, 0.6) is 5.75 Å². The molecule has 3 rings (SSSR count). The lowest BCUT2D eigenvalue weighted by Crippen LogP contribution is -2.29. The number of nitrogens with zero attached hydrogens (tertiary/aromatic N) is 2. The second-order valence-corrected chi connectivity index (χ2v) is 7.89. The first kappa shape index (κ1) is 20.7. The molecule has 0 saturated carbocycles. The molecule has 0 aliphatic carbocycles. The Balaban J connectivity index is 1.54. The molecule has 2 aromatic carbocycles. The number of benzene rings is 2. The minimum absolute atomic E-state index is 0.913. The summed E-state index contributed by atoms with van der Waals surface area (Å²) in [6, 6.07) is 17.6. The summed E-state index contributed by atoms with van der Waals surface area (Å²) in [5.74, 6) is 0.913. The highest BCUT2D eigenvalue weighted by Gasteiger charge is 2.09. The van der Waals surface area contributed by atoms with Crippen molar-refractivity contribution in [3.63, 3.8) is 0 Å². The lowest BCUT2D eigenvalue weighted by molar-refractivity contribution is 0.250. The van der Waals surface area contributed by atoms with E-state index in [0.717, 1.165) is 25.3 Å². The summed E-state index contributed by atoms with van der Waals surface area (Å²) in [5, 5.41) is 0. The predicted molar refractivity (Wildman–Crippen MR) is 119 cm³/mol. The molecular weight excluding hydrogens is 344 g/mol. The van der Waals surface area contributed by atoms with E-state index in [2.05, 4.69) is 59.2 Å². The monoisotopic (exact) mass is 380 g/mol. The molecule has 0 atom stereocenters. The number of rotatable bonds is 8. The number of hydrogen-bond donors (Lipinski definition) is 0. The minimum atomic E-state index is 0.913. The molecule has 0 amide bonds. The van der Waals surface area contributed by atoms with Crippen molar-refractivity contribution in [2.45, 2.75) is 52.0 Å². The molecule has 1 heterocycles. The van der Waals surface area contributed by atoms with Crippen molar-refractivity contribution < 1.29 is 4.74 Å². The number of methoxy groups -OCH3 is 1. The SMILES string of the molecule is CCN(Cc1ccc(CCN2CCCCCCC2)cc1)c1cccc(OC)c1. The van der Waals surface area contributed by atoms with Crippen molar-refractivity contribution in [2.75, 3.05) is 38.2 Å². The standard InChI is InChI=1S/C25H36N2O/c1-3-27(24-10-9-11-25(20-24)28-2)21-23-14-12-22(13-15-23)16-19-26-17-7-5-4-6-8-18-26/h9-15,20H,3-8,16-19,21H2,1-2H3. The van der Waals surface area contributed by atoms with Crippen LogP contribution in [0.4, 0.5) is 5.69 Å². The van der Waals surface area contributed by atoms with Gasteiger partial charge in [0.1, 0.15) is 5.75 Å². The zero-order valence-electron chi connectivity index (χ0n) is 17.7. The van der Waals surface area contributed by atoms with E-state index in [-0.39, 0.29) is 0 Å². The number of anilines is 1. The van der Waals surface area contributed by atoms with E-state index >= 15 is 0 Å². The fourth-order valence-electron chi connectivity index (χ4n) is 4.05. The molecule has 1 saturated heterocycles. The van der Waals surface area contributed by atoms with Gasteiger partial charge >= 0.3 is 0 Å². The second kappa shape index (κ2) is 11.1. The third kappa shape index (κ3) is 6.27. The summed E-state index contributed by atoms with van der Waals surface area (Å²) in [5.41, 5.74) is 4.03. The highest BCUT2D eigenvalue weighted by molar-refractivity contribution is 5.51. The molecule has 0 radical (unpaired) electrons. The fraction of sp³-hybridized carbons (Fsp3) is 0.520. The predicted octanol–water partition coefficient (Wildman–Crippen LogP) is 5.53. The second-order valence-electron chi connectivity index (χ2n) is 7.89. The van der Waals surface area contributed by atoms with Gasteiger partial charge in [0.15, 0.2) is 0 Å². The molecule has 1 fully saturated rings. The van der Waals surface area contributed by atoms with Gasteiger partial charge in [0.25, 0.3) is 0 Å². The minimum Gasteiger partial charge on any atom is -0.497 e. The van der Waals surface area contributed by atoms with Gasteiger partial charge in [0, 0.05) is 31.4 Å². The molecule has 28 heavy (non-hydrogen) atoms. The van der Waals surface area contributed by atoms with E-state index in [1.807, 2.05) is 6.07 Å². The molecule has 152 valence electrons.